The van der Waals surface area contributed by atoms with E-state index in [1.807, 2.05) is 24.4 Å². The van der Waals surface area contributed by atoms with E-state index >= 15 is 0 Å². The summed E-state index contributed by atoms with van der Waals surface area (Å²) in [5.41, 5.74) is 12.5. The Hall–Kier alpha value is -3.55. The second kappa shape index (κ2) is 7.73. The number of aliphatic hydroxyl groups excluding tert-OH is 1. The van der Waals surface area contributed by atoms with Crippen LogP contribution in [-0.2, 0) is 0 Å². The zero-order valence-electron chi connectivity index (χ0n) is 19.7. The molecule has 2 atom stereocenters. The van der Waals surface area contributed by atoms with E-state index in [0.717, 1.165) is 44.2 Å². The van der Waals surface area contributed by atoms with E-state index < -0.39 is 6.10 Å². The molecule has 4 heterocycles. The van der Waals surface area contributed by atoms with Crippen molar-refractivity contribution >= 4 is 38.7 Å². The van der Waals surface area contributed by atoms with Gasteiger partial charge in [0.25, 0.3) is 0 Å². The minimum absolute atomic E-state index is 0.290. The number of aliphatic hydroxyl groups is 1. The van der Waals surface area contributed by atoms with E-state index in [-0.39, 0.29) is 6.04 Å². The fourth-order valence-corrected chi connectivity index (χ4v) is 5.75. The summed E-state index contributed by atoms with van der Waals surface area (Å²) in [4.78, 5) is 20.5. The molecule has 3 aromatic heterocycles. The first-order chi connectivity index (χ1) is 17.1. The van der Waals surface area contributed by atoms with Crippen LogP contribution in [0.3, 0.4) is 0 Å². The van der Waals surface area contributed by atoms with Crippen molar-refractivity contribution in [2.75, 3.05) is 18.0 Å². The molecule has 0 bridgehead atoms. The number of H-pyrrole nitrogens is 1. The van der Waals surface area contributed by atoms with Gasteiger partial charge in [0.2, 0.25) is 0 Å². The number of rotatable bonds is 3. The van der Waals surface area contributed by atoms with Gasteiger partial charge in [0.1, 0.15) is 11.5 Å². The van der Waals surface area contributed by atoms with Gasteiger partial charge in [-0.25, -0.2) is 15.0 Å². The SMILES string of the molecule is Cc1cc(C2CCC2)c2c(N3CC(N)C(O)C3)nc(-c3ccnc4[nH]c5ccccc5c34)nc2c1. The third kappa shape index (κ3) is 3.22. The van der Waals surface area contributed by atoms with Crippen LogP contribution < -0.4 is 10.6 Å². The molecule has 35 heavy (non-hydrogen) atoms. The highest BCUT2D eigenvalue weighted by Gasteiger charge is 2.33. The van der Waals surface area contributed by atoms with E-state index in [4.69, 9.17) is 15.7 Å². The normalized spacial score (nSPS) is 20.8. The molecule has 2 fully saturated rings. The average Bonchev–Trinajstić information content (AvgIpc) is 3.36. The second-order valence-corrected chi connectivity index (χ2v) is 10.1. The van der Waals surface area contributed by atoms with E-state index in [0.29, 0.717) is 24.8 Å². The van der Waals surface area contributed by atoms with Gasteiger partial charge in [0.15, 0.2) is 5.82 Å². The van der Waals surface area contributed by atoms with Gasteiger partial charge in [0.05, 0.1) is 11.6 Å². The maximum absolute atomic E-state index is 10.5. The smallest absolute Gasteiger partial charge is 0.162 e. The van der Waals surface area contributed by atoms with Crippen molar-refractivity contribution in [3.63, 3.8) is 0 Å². The van der Waals surface area contributed by atoms with E-state index in [1.165, 1.54) is 30.4 Å². The molecule has 7 rings (SSSR count). The monoisotopic (exact) mass is 464 g/mol. The molecule has 1 saturated heterocycles. The van der Waals surface area contributed by atoms with Crippen LogP contribution in [-0.4, -0.2) is 50.3 Å². The van der Waals surface area contributed by atoms with Gasteiger partial charge in [-0.05, 0) is 55.0 Å². The summed E-state index contributed by atoms with van der Waals surface area (Å²) in [6, 6.07) is 14.4. The number of anilines is 1. The standard InChI is InChI=1S/C28H28N6O/c1-15-11-19(16-5-4-6-16)25-22(12-15)32-26(33-28(25)34-13-20(29)23(35)14-34)18-9-10-30-27-24(18)17-7-2-3-8-21(17)31-27/h2-3,7-12,16,20,23,35H,4-6,13-14,29H2,1H3,(H,30,31). The molecule has 1 aliphatic carbocycles. The Morgan fingerprint density at radius 1 is 1.06 bits per heavy atom. The Morgan fingerprint density at radius 3 is 2.69 bits per heavy atom. The largest absolute Gasteiger partial charge is 0.390 e. The van der Waals surface area contributed by atoms with E-state index in [9.17, 15) is 5.11 Å². The molecule has 0 amide bonds. The Balaban J connectivity index is 1.52. The zero-order chi connectivity index (χ0) is 23.7. The van der Waals surface area contributed by atoms with Gasteiger partial charge >= 0.3 is 0 Å². The molecule has 1 saturated carbocycles. The third-order valence-corrected chi connectivity index (χ3v) is 7.77. The summed E-state index contributed by atoms with van der Waals surface area (Å²) in [7, 11) is 0. The van der Waals surface area contributed by atoms with Crippen LogP contribution in [0.2, 0.25) is 0 Å². The number of fused-ring (bicyclic) bond motifs is 4. The average molecular weight is 465 g/mol. The maximum Gasteiger partial charge on any atom is 0.162 e. The minimum atomic E-state index is -0.567. The van der Waals surface area contributed by atoms with Gasteiger partial charge in [-0.2, -0.15) is 0 Å². The van der Waals surface area contributed by atoms with Gasteiger partial charge in [0, 0.05) is 52.6 Å². The van der Waals surface area contributed by atoms with Crippen molar-refractivity contribution in [1.82, 2.24) is 19.9 Å². The van der Waals surface area contributed by atoms with Gasteiger partial charge in [-0.1, -0.05) is 30.7 Å². The predicted molar refractivity (Wildman–Crippen MR) is 140 cm³/mol. The number of aromatic nitrogens is 4. The molecule has 2 aromatic carbocycles. The van der Waals surface area contributed by atoms with Crippen LogP contribution >= 0.6 is 0 Å². The first-order valence-corrected chi connectivity index (χ1v) is 12.4. The lowest BCUT2D eigenvalue weighted by molar-refractivity contribution is 0.180. The van der Waals surface area contributed by atoms with Crippen molar-refractivity contribution in [1.29, 1.82) is 0 Å². The molecule has 176 valence electrons. The number of nitrogens with one attached hydrogen (secondary N) is 1. The van der Waals surface area contributed by atoms with Crippen LogP contribution in [0.5, 0.6) is 0 Å². The molecule has 7 nitrogen and oxygen atoms in total. The lowest BCUT2D eigenvalue weighted by Crippen LogP contribution is -2.32. The number of hydrogen-bond donors (Lipinski definition) is 3. The molecular formula is C28H28N6O. The van der Waals surface area contributed by atoms with E-state index in [2.05, 4.69) is 46.1 Å². The number of hydrogen-bond acceptors (Lipinski definition) is 6. The molecule has 2 unspecified atom stereocenters. The summed E-state index contributed by atoms with van der Waals surface area (Å²) in [6.45, 7) is 3.19. The molecule has 5 aromatic rings. The Labute approximate surface area is 203 Å². The summed E-state index contributed by atoms with van der Waals surface area (Å²) >= 11 is 0. The third-order valence-electron chi connectivity index (χ3n) is 7.77. The summed E-state index contributed by atoms with van der Waals surface area (Å²) in [5.74, 6) is 2.08. The summed E-state index contributed by atoms with van der Waals surface area (Å²) < 4.78 is 0. The lowest BCUT2D eigenvalue weighted by atomic mass is 9.78. The minimum Gasteiger partial charge on any atom is -0.390 e. The summed E-state index contributed by atoms with van der Waals surface area (Å²) in [5, 5.41) is 13.7. The first kappa shape index (κ1) is 20.8. The van der Waals surface area contributed by atoms with Gasteiger partial charge in [-0.3, -0.25) is 0 Å². The number of benzene rings is 2. The number of para-hydroxylation sites is 1. The number of pyridine rings is 1. The Bertz CT molecular complexity index is 1590. The number of nitrogens with zero attached hydrogens (tertiary/aromatic N) is 4. The van der Waals surface area contributed by atoms with Crippen LogP contribution in [0.15, 0.2) is 48.7 Å². The molecule has 0 radical (unpaired) electrons. The molecule has 0 spiro atoms. The Morgan fingerprint density at radius 2 is 1.91 bits per heavy atom. The van der Waals surface area contributed by atoms with Crippen molar-refractivity contribution in [2.24, 2.45) is 5.73 Å². The highest BCUT2D eigenvalue weighted by atomic mass is 16.3. The number of β-amino-alcohol motifs (C(OH)–C–C–N with tert-alkyl or cyclic N) is 1. The number of aryl methyl sites for hydroxylation is 1. The quantitative estimate of drug-likeness (QED) is 0.365. The molecule has 1 aliphatic heterocycles. The van der Waals surface area contributed by atoms with E-state index in [1.54, 1.807) is 0 Å². The van der Waals surface area contributed by atoms with Crippen LogP contribution in [0.25, 0.3) is 44.2 Å². The fourth-order valence-electron chi connectivity index (χ4n) is 5.75. The number of nitrogens with two attached hydrogens (primary N) is 1. The van der Waals surface area contributed by atoms with Crippen LogP contribution in [0.1, 0.15) is 36.3 Å². The lowest BCUT2D eigenvalue weighted by Gasteiger charge is -2.29. The highest BCUT2D eigenvalue weighted by molar-refractivity contribution is 6.12. The van der Waals surface area contributed by atoms with Crippen LogP contribution in [0, 0.1) is 6.92 Å². The highest BCUT2D eigenvalue weighted by Crippen LogP contribution is 2.44. The topological polar surface area (TPSA) is 104 Å². The number of aromatic amines is 1. The van der Waals surface area contributed by atoms with Crippen molar-refractivity contribution in [3.8, 4) is 11.4 Å². The zero-order valence-corrected chi connectivity index (χ0v) is 19.7. The van der Waals surface area contributed by atoms with Gasteiger partial charge in [-0.15, -0.1) is 0 Å². The van der Waals surface area contributed by atoms with Crippen molar-refractivity contribution in [2.45, 2.75) is 44.2 Å². The van der Waals surface area contributed by atoms with Crippen molar-refractivity contribution < 1.29 is 5.11 Å². The molecule has 2 aliphatic rings. The fraction of sp³-hybridized carbons (Fsp3) is 0.321. The predicted octanol–water partition coefficient (Wildman–Crippen LogP) is 4.41. The van der Waals surface area contributed by atoms with Crippen LogP contribution in [0.4, 0.5) is 5.82 Å². The molecular weight excluding hydrogens is 436 g/mol. The second-order valence-electron chi connectivity index (χ2n) is 10.1. The molecule has 7 heteroatoms. The van der Waals surface area contributed by atoms with Crippen molar-refractivity contribution in [3.05, 3.63) is 59.8 Å². The van der Waals surface area contributed by atoms with Gasteiger partial charge < -0.3 is 20.7 Å². The molecule has 4 N–H and O–H groups in total. The maximum atomic E-state index is 10.5. The summed E-state index contributed by atoms with van der Waals surface area (Å²) in [6.07, 6.45) is 4.90. The first-order valence-electron chi connectivity index (χ1n) is 12.4. The Kier molecular flexibility index (Phi) is 4.59.